The summed E-state index contributed by atoms with van der Waals surface area (Å²) in [5, 5.41) is 0. The van der Waals surface area contributed by atoms with Crippen LogP contribution in [-0.2, 0) is 14.9 Å². The number of esters is 1. The van der Waals surface area contributed by atoms with E-state index < -0.39 is 5.41 Å². The van der Waals surface area contributed by atoms with E-state index in [0.717, 1.165) is 30.4 Å². The van der Waals surface area contributed by atoms with Crippen LogP contribution in [0.15, 0.2) is 24.3 Å². The summed E-state index contributed by atoms with van der Waals surface area (Å²) in [7, 11) is 1.44. The molecule has 0 aliphatic heterocycles. The molecule has 3 heteroatoms. The second kappa shape index (κ2) is 4.69. The number of carbonyl (C=O) groups is 2. The van der Waals surface area contributed by atoms with Gasteiger partial charge in [-0.2, -0.15) is 0 Å². The average Bonchev–Trinajstić information content (AvgIpc) is 2.49. The SMILES string of the molecule is COC(=O)[C@]1(C)CCCC2(C)c3ccccc3C(=O)C[C@H]21. The lowest BCUT2D eigenvalue weighted by molar-refractivity contribution is -0.160. The molecule has 1 saturated carbocycles. The Morgan fingerprint density at radius 3 is 2.67 bits per heavy atom. The summed E-state index contributed by atoms with van der Waals surface area (Å²) < 4.78 is 5.06. The summed E-state index contributed by atoms with van der Waals surface area (Å²) in [6, 6.07) is 7.89. The van der Waals surface area contributed by atoms with E-state index >= 15 is 0 Å². The number of rotatable bonds is 1. The molecule has 3 nitrogen and oxygen atoms in total. The number of methoxy groups -OCH3 is 1. The molecule has 0 radical (unpaired) electrons. The third kappa shape index (κ3) is 1.86. The molecule has 0 amide bonds. The molecular weight excluding hydrogens is 264 g/mol. The van der Waals surface area contributed by atoms with Crippen molar-refractivity contribution < 1.29 is 14.3 Å². The largest absolute Gasteiger partial charge is 0.469 e. The highest BCUT2D eigenvalue weighted by Crippen LogP contribution is 2.57. The van der Waals surface area contributed by atoms with Crippen LogP contribution >= 0.6 is 0 Å². The fourth-order valence-electron chi connectivity index (χ4n) is 4.64. The lowest BCUT2D eigenvalue weighted by Gasteiger charge is -2.53. The van der Waals surface area contributed by atoms with E-state index in [2.05, 4.69) is 13.0 Å². The number of fused-ring (bicyclic) bond motifs is 3. The molecule has 0 spiro atoms. The van der Waals surface area contributed by atoms with E-state index in [1.165, 1.54) is 7.11 Å². The molecular formula is C18H22O3. The minimum atomic E-state index is -0.565. The van der Waals surface area contributed by atoms with Gasteiger partial charge in [0.15, 0.2) is 5.78 Å². The molecule has 0 aromatic heterocycles. The van der Waals surface area contributed by atoms with Crippen molar-refractivity contribution in [2.24, 2.45) is 11.3 Å². The van der Waals surface area contributed by atoms with Crippen molar-refractivity contribution in [2.75, 3.05) is 7.11 Å². The maximum atomic E-state index is 12.5. The predicted octanol–water partition coefficient (Wildman–Crippen LogP) is 3.51. The van der Waals surface area contributed by atoms with E-state index in [9.17, 15) is 9.59 Å². The van der Waals surface area contributed by atoms with E-state index in [4.69, 9.17) is 4.74 Å². The maximum absolute atomic E-state index is 12.5. The van der Waals surface area contributed by atoms with Crippen LogP contribution in [0.3, 0.4) is 0 Å². The molecule has 1 aromatic rings. The standard InChI is InChI=1S/C18H22O3/c1-17-9-6-10-18(2,16(20)21-3)15(17)11-14(19)12-7-4-5-8-13(12)17/h4-5,7-8,15H,6,9-11H2,1-3H3/t15-,17?,18-/m1/s1. The zero-order chi connectivity index (χ0) is 15.3. The molecule has 1 unspecified atom stereocenters. The van der Waals surface area contributed by atoms with Gasteiger partial charge in [-0.05, 0) is 36.7 Å². The monoisotopic (exact) mass is 286 g/mol. The lowest BCUT2D eigenvalue weighted by Crippen LogP contribution is -2.53. The van der Waals surface area contributed by atoms with Gasteiger partial charge in [-0.25, -0.2) is 0 Å². The Morgan fingerprint density at radius 1 is 1.24 bits per heavy atom. The van der Waals surface area contributed by atoms with E-state index in [1.807, 2.05) is 25.1 Å². The van der Waals surface area contributed by atoms with Crippen LogP contribution in [0.1, 0.15) is 55.5 Å². The van der Waals surface area contributed by atoms with E-state index in [0.29, 0.717) is 6.42 Å². The van der Waals surface area contributed by atoms with Crippen LogP contribution in [0.4, 0.5) is 0 Å². The van der Waals surface area contributed by atoms with Crippen molar-refractivity contribution in [3.8, 4) is 0 Å². The number of hydrogen-bond donors (Lipinski definition) is 0. The van der Waals surface area contributed by atoms with Crippen LogP contribution in [0.25, 0.3) is 0 Å². The molecule has 3 rings (SSSR count). The fraction of sp³-hybridized carbons (Fsp3) is 0.556. The van der Waals surface area contributed by atoms with Crippen LogP contribution in [0.2, 0.25) is 0 Å². The molecule has 0 bridgehead atoms. The third-order valence-electron chi connectivity index (χ3n) is 5.81. The van der Waals surface area contributed by atoms with Gasteiger partial charge in [0.05, 0.1) is 12.5 Å². The van der Waals surface area contributed by atoms with E-state index in [-0.39, 0.29) is 23.1 Å². The number of benzene rings is 1. The normalized spacial score (nSPS) is 34.8. The highest BCUT2D eigenvalue weighted by Gasteiger charge is 2.57. The first-order valence-electron chi connectivity index (χ1n) is 7.64. The van der Waals surface area contributed by atoms with Gasteiger partial charge in [0.2, 0.25) is 0 Å². The first-order valence-corrected chi connectivity index (χ1v) is 7.64. The summed E-state index contributed by atoms with van der Waals surface area (Å²) in [6.07, 6.45) is 3.25. The Bertz CT molecular complexity index is 606. The number of ether oxygens (including phenoxy) is 1. The predicted molar refractivity (Wildman–Crippen MR) is 80.2 cm³/mol. The number of Topliss-reactive ketones (excluding diaryl/α,β-unsaturated/α-hetero) is 1. The second-order valence-corrected chi connectivity index (χ2v) is 6.91. The van der Waals surface area contributed by atoms with Crippen molar-refractivity contribution >= 4 is 11.8 Å². The Labute approximate surface area is 125 Å². The third-order valence-corrected chi connectivity index (χ3v) is 5.81. The van der Waals surface area contributed by atoms with Crippen molar-refractivity contribution in [1.82, 2.24) is 0 Å². The zero-order valence-electron chi connectivity index (χ0n) is 12.9. The van der Waals surface area contributed by atoms with Crippen molar-refractivity contribution in [2.45, 2.75) is 44.9 Å². The van der Waals surface area contributed by atoms with Crippen LogP contribution in [0.5, 0.6) is 0 Å². The van der Waals surface area contributed by atoms with Gasteiger partial charge in [-0.15, -0.1) is 0 Å². The molecule has 0 N–H and O–H groups in total. The minimum absolute atomic E-state index is 0.0219. The Morgan fingerprint density at radius 2 is 1.95 bits per heavy atom. The molecule has 2 aliphatic rings. The smallest absolute Gasteiger partial charge is 0.311 e. The molecule has 0 saturated heterocycles. The molecule has 1 fully saturated rings. The molecule has 0 heterocycles. The van der Waals surface area contributed by atoms with Crippen molar-refractivity contribution in [1.29, 1.82) is 0 Å². The fourth-order valence-corrected chi connectivity index (χ4v) is 4.64. The summed E-state index contributed by atoms with van der Waals surface area (Å²) in [5.41, 5.74) is 1.27. The van der Waals surface area contributed by atoms with Crippen molar-refractivity contribution in [3.05, 3.63) is 35.4 Å². The van der Waals surface area contributed by atoms with Gasteiger partial charge in [0.1, 0.15) is 0 Å². The summed E-state index contributed by atoms with van der Waals surface area (Å²) in [4.78, 5) is 24.9. The van der Waals surface area contributed by atoms with Gasteiger partial charge >= 0.3 is 5.97 Å². The topological polar surface area (TPSA) is 43.4 Å². The Kier molecular flexibility index (Phi) is 3.19. The molecule has 112 valence electrons. The van der Waals surface area contributed by atoms with Crippen LogP contribution in [-0.4, -0.2) is 18.9 Å². The second-order valence-electron chi connectivity index (χ2n) is 6.91. The van der Waals surface area contributed by atoms with Gasteiger partial charge in [-0.1, -0.05) is 37.6 Å². The van der Waals surface area contributed by atoms with E-state index in [1.54, 1.807) is 0 Å². The Hall–Kier alpha value is -1.64. The lowest BCUT2D eigenvalue weighted by atomic mass is 9.49. The van der Waals surface area contributed by atoms with Gasteiger partial charge in [0, 0.05) is 12.0 Å². The van der Waals surface area contributed by atoms with Crippen LogP contribution < -0.4 is 0 Å². The van der Waals surface area contributed by atoms with Gasteiger partial charge in [-0.3, -0.25) is 9.59 Å². The zero-order valence-corrected chi connectivity index (χ0v) is 12.9. The molecule has 2 aliphatic carbocycles. The first kappa shape index (κ1) is 14.3. The number of hydrogen-bond acceptors (Lipinski definition) is 3. The van der Waals surface area contributed by atoms with Crippen molar-refractivity contribution in [3.63, 3.8) is 0 Å². The highest BCUT2D eigenvalue weighted by molar-refractivity contribution is 6.00. The van der Waals surface area contributed by atoms with Crippen LogP contribution in [0, 0.1) is 11.3 Å². The molecule has 1 aromatic carbocycles. The Balaban J connectivity index is 2.15. The quantitative estimate of drug-likeness (QED) is 0.742. The number of carbonyl (C=O) groups excluding carboxylic acids is 2. The summed E-state index contributed by atoms with van der Waals surface area (Å²) in [5.74, 6) is 0.00399. The summed E-state index contributed by atoms with van der Waals surface area (Å²) in [6.45, 7) is 4.19. The van der Waals surface area contributed by atoms with Gasteiger partial charge in [0.25, 0.3) is 0 Å². The average molecular weight is 286 g/mol. The summed E-state index contributed by atoms with van der Waals surface area (Å²) >= 11 is 0. The number of ketones is 1. The maximum Gasteiger partial charge on any atom is 0.311 e. The van der Waals surface area contributed by atoms with Gasteiger partial charge < -0.3 is 4.74 Å². The molecule has 3 atom stereocenters. The highest BCUT2D eigenvalue weighted by atomic mass is 16.5. The first-order chi connectivity index (χ1) is 9.93. The minimum Gasteiger partial charge on any atom is -0.469 e. The molecule has 21 heavy (non-hydrogen) atoms.